The maximum Gasteiger partial charge on any atom is 0.185 e. The Balaban J connectivity index is 3.30. The van der Waals surface area contributed by atoms with Gasteiger partial charge in [-0.2, -0.15) is 0 Å². The smallest absolute Gasteiger partial charge is 0.185 e. The third-order valence-corrected chi connectivity index (χ3v) is 3.14. The first kappa shape index (κ1) is 14.8. The topological polar surface area (TPSA) is 26.0 Å². The normalized spacial score (nSPS) is 12.8. The number of unbranched alkanes of at least 4 members (excludes halogenated alkanes) is 1. The molecule has 1 aromatic rings. The van der Waals surface area contributed by atoms with Gasteiger partial charge in [0.2, 0.25) is 0 Å². The molecule has 1 atom stereocenters. The predicted molar refractivity (Wildman–Crippen MR) is 63.2 cm³/mol. The molecule has 0 aliphatic rings. The van der Waals surface area contributed by atoms with Gasteiger partial charge in [-0.1, -0.05) is 26.7 Å². The quantitative estimate of drug-likeness (QED) is 0.472. The standard InChI is InChI=1S/C13H17F4N/c1-3-5-6-7(4-2)8-9(14)11(16)13(18)12(17)10(8)15/h7H,3-6,18H2,1-2H3. The molecular weight excluding hydrogens is 246 g/mol. The van der Waals surface area contributed by atoms with Crippen LogP contribution in [-0.2, 0) is 0 Å². The summed E-state index contributed by atoms with van der Waals surface area (Å²) in [6.45, 7) is 3.66. The van der Waals surface area contributed by atoms with Gasteiger partial charge in [-0.3, -0.25) is 0 Å². The van der Waals surface area contributed by atoms with Crippen LogP contribution in [0.25, 0.3) is 0 Å². The number of rotatable bonds is 5. The van der Waals surface area contributed by atoms with Crippen molar-refractivity contribution in [2.24, 2.45) is 0 Å². The maximum absolute atomic E-state index is 13.7. The Bertz CT molecular complexity index is 402. The molecule has 1 unspecified atom stereocenters. The Morgan fingerprint density at radius 2 is 1.44 bits per heavy atom. The van der Waals surface area contributed by atoms with Crippen LogP contribution in [0.1, 0.15) is 51.0 Å². The molecule has 1 nitrogen and oxygen atoms in total. The summed E-state index contributed by atoms with van der Waals surface area (Å²) < 4.78 is 54.1. The van der Waals surface area contributed by atoms with Crippen molar-refractivity contribution in [1.29, 1.82) is 0 Å². The van der Waals surface area contributed by atoms with E-state index in [0.717, 1.165) is 12.8 Å². The Morgan fingerprint density at radius 1 is 0.944 bits per heavy atom. The molecule has 0 spiro atoms. The maximum atomic E-state index is 13.7. The molecular formula is C13H17F4N. The number of hydrogen-bond acceptors (Lipinski definition) is 1. The van der Waals surface area contributed by atoms with Crippen molar-refractivity contribution in [3.63, 3.8) is 0 Å². The van der Waals surface area contributed by atoms with Gasteiger partial charge in [-0.05, 0) is 18.8 Å². The molecule has 0 aliphatic heterocycles. The number of nitrogens with two attached hydrogens (primary N) is 1. The Morgan fingerprint density at radius 3 is 1.83 bits per heavy atom. The summed E-state index contributed by atoms with van der Waals surface area (Å²) in [4.78, 5) is 0. The van der Waals surface area contributed by atoms with Gasteiger partial charge in [0, 0.05) is 5.56 Å². The van der Waals surface area contributed by atoms with E-state index in [4.69, 9.17) is 5.73 Å². The van der Waals surface area contributed by atoms with Crippen molar-refractivity contribution >= 4 is 5.69 Å². The number of hydrogen-bond donors (Lipinski definition) is 1. The second-order valence-electron chi connectivity index (χ2n) is 4.33. The van der Waals surface area contributed by atoms with Gasteiger partial charge in [0.25, 0.3) is 0 Å². The minimum Gasteiger partial charge on any atom is -0.394 e. The summed E-state index contributed by atoms with van der Waals surface area (Å²) in [7, 11) is 0. The van der Waals surface area contributed by atoms with E-state index in [1.54, 1.807) is 6.92 Å². The van der Waals surface area contributed by atoms with Gasteiger partial charge in [-0.25, -0.2) is 17.6 Å². The fraction of sp³-hybridized carbons (Fsp3) is 0.538. The van der Waals surface area contributed by atoms with Gasteiger partial charge in [0.15, 0.2) is 23.3 Å². The molecule has 1 rings (SSSR count). The Labute approximate surface area is 104 Å². The molecule has 0 bridgehead atoms. The zero-order valence-electron chi connectivity index (χ0n) is 10.5. The summed E-state index contributed by atoms with van der Waals surface area (Å²) in [5.74, 6) is -6.27. The third-order valence-electron chi connectivity index (χ3n) is 3.14. The first-order valence-electron chi connectivity index (χ1n) is 6.06. The molecule has 2 N–H and O–H groups in total. The fourth-order valence-electron chi connectivity index (χ4n) is 2.03. The van der Waals surface area contributed by atoms with E-state index < -0.39 is 40.4 Å². The molecule has 18 heavy (non-hydrogen) atoms. The second kappa shape index (κ2) is 6.07. The van der Waals surface area contributed by atoms with Crippen molar-refractivity contribution in [2.75, 3.05) is 5.73 Å². The van der Waals surface area contributed by atoms with Crippen LogP contribution in [0.2, 0.25) is 0 Å². The van der Waals surface area contributed by atoms with Crippen molar-refractivity contribution < 1.29 is 17.6 Å². The highest BCUT2D eigenvalue weighted by molar-refractivity contribution is 5.46. The van der Waals surface area contributed by atoms with E-state index in [9.17, 15) is 17.6 Å². The van der Waals surface area contributed by atoms with E-state index in [1.807, 2.05) is 6.92 Å². The molecule has 0 heterocycles. The van der Waals surface area contributed by atoms with E-state index in [-0.39, 0.29) is 0 Å². The Hall–Kier alpha value is -1.26. The fourth-order valence-corrected chi connectivity index (χ4v) is 2.03. The van der Waals surface area contributed by atoms with Gasteiger partial charge < -0.3 is 5.73 Å². The zero-order valence-corrected chi connectivity index (χ0v) is 10.5. The van der Waals surface area contributed by atoms with E-state index in [1.165, 1.54) is 0 Å². The third kappa shape index (κ3) is 2.60. The summed E-state index contributed by atoms with van der Waals surface area (Å²) in [6.07, 6.45) is 2.49. The van der Waals surface area contributed by atoms with Crippen molar-refractivity contribution in [3.05, 3.63) is 28.8 Å². The molecule has 0 fully saturated rings. The van der Waals surface area contributed by atoms with Crippen LogP contribution in [0.4, 0.5) is 23.2 Å². The lowest BCUT2D eigenvalue weighted by Crippen LogP contribution is -2.12. The number of anilines is 1. The summed E-state index contributed by atoms with van der Waals surface area (Å²) >= 11 is 0. The SMILES string of the molecule is CCCCC(CC)c1c(F)c(F)c(N)c(F)c1F. The van der Waals surface area contributed by atoms with E-state index in [0.29, 0.717) is 12.8 Å². The molecule has 102 valence electrons. The van der Waals surface area contributed by atoms with Gasteiger partial charge in [0.05, 0.1) is 0 Å². The highest BCUT2D eigenvalue weighted by Gasteiger charge is 2.27. The van der Waals surface area contributed by atoms with Crippen molar-refractivity contribution in [1.82, 2.24) is 0 Å². The minimum absolute atomic E-state index is 0.413. The average molecular weight is 263 g/mol. The predicted octanol–water partition coefficient (Wildman–Crippen LogP) is 4.51. The molecule has 0 aliphatic carbocycles. The van der Waals surface area contributed by atoms with Gasteiger partial charge >= 0.3 is 0 Å². The van der Waals surface area contributed by atoms with Gasteiger partial charge in [-0.15, -0.1) is 0 Å². The molecule has 5 heteroatoms. The zero-order chi connectivity index (χ0) is 13.9. The minimum atomic E-state index is -1.50. The number of nitrogen functional groups attached to an aromatic ring is 1. The molecule has 0 saturated carbocycles. The lowest BCUT2D eigenvalue weighted by molar-refractivity contribution is 0.419. The van der Waals surface area contributed by atoms with Crippen LogP contribution in [0.15, 0.2) is 0 Å². The monoisotopic (exact) mass is 263 g/mol. The number of halogens is 4. The summed E-state index contributed by atoms with van der Waals surface area (Å²) in [6, 6.07) is 0. The average Bonchev–Trinajstić information content (AvgIpc) is 2.38. The summed E-state index contributed by atoms with van der Waals surface area (Å²) in [5.41, 5.74) is 3.35. The first-order valence-corrected chi connectivity index (χ1v) is 6.06. The van der Waals surface area contributed by atoms with Crippen LogP contribution in [0.3, 0.4) is 0 Å². The molecule has 1 aromatic carbocycles. The van der Waals surface area contributed by atoms with Crippen LogP contribution in [0, 0.1) is 23.3 Å². The van der Waals surface area contributed by atoms with E-state index in [2.05, 4.69) is 0 Å². The van der Waals surface area contributed by atoms with Crippen LogP contribution in [0.5, 0.6) is 0 Å². The van der Waals surface area contributed by atoms with Crippen LogP contribution < -0.4 is 5.73 Å². The highest BCUT2D eigenvalue weighted by Crippen LogP contribution is 2.34. The molecule has 0 aromatic heterocycles. The lowest BCUT2D eigenvalue weighted by atomic mass is 9.90. The van der Waals surface area contributed by atoms with Crippen molar-refractivity contribution in [3.8, 4) is 0 Å². The summed E-state index contributed by atoms with van der Waals surface area (Å²) in [5, 5.41) is 0. The van der Waals surface area contributed by atoms with Crippen LogP contribution >= 0.6 is 0 Å². The molecule has 0 radical (unpaired) electrons. The Kier molecular flexibility index (Phi) is 4.99. The number of benzene rings is 1. The highest BCUT2D eigenvalue weighted by atomic mass is 19.2. The molecule has 0 amide bonds. The van der Waals surface area contributed by atoms with Crippen LogP contribution in [-0.4, -0.2) is 0 Å². The van der Waals surface area contributed by atoms with Crippen molar-refractivity contribution in [2.45, 2.75) is 45.4 Å². The lowest BCUT2D eigenvalue weighted by Gasteiger charge is -2.18. The molecule has 0 saturated heterocycles. The van der Waals surface area contributed by atoms with Gasteiger partial charge in [0.1, 0.15) is 5.69 Å². The van der Waals surface area contributed by atoms with E-state index >= 15 is 0 Å². The second-order valence-corrected chi connectivity index (χ2v) is 4.33. The first-order chi connectivity index (χ1) is 8.45. The largest absolute Gasteiger partial charge is 0.394 e.